The zero-order chi connectivity index (χ0) is 14.8. The number of hydrogen-bond donors (Lipinski definition) is 0. The van der Waals surface area contributed by atoms with E-state index < -0.39 is 0 Å². The Hall–Kier alpha value is -1.81. The molecule has 0 aromatic heterocycles. The molecule has 0 bridgehead atoms. The zero-order valence-corrected chi connectivity index (χ0v) is 12.5. The van der Waals surface area contributed by atoms with Gasteiger partial charge in [0.2, 0.25) is 5.91 Å². The fraction of sp³-hybridized carbons (Fsp3) is 0.375. The van der Waals surface area contributed by atoms with Crippen LogP contribution in [0.25, 0.3) is 0 Å². The molecule has 1 aromatic carbocycles. The molecule has 2 aliphatic heterocycles. The molecule has 1 aromatic rings. The molecule has 2 aliphatic rings. The van der Waals surface area contributed by atoms with Crippen molar-refractivity contribution in [1.82, 2.24) is 4.90 Å². The number of nitrogens with zero attached hydrogens (tertiary/aromatic N) is 2. The number of rotatable bonds is 2. The molecule has 2 amide bonds. The molecule has 3 rings (SSSR count). The summed E-state index contributed by atoms with van der Waals surface area (Å²) in [6, 6.07) is 6.83. The maximum Gasteiger partial charge on any atom is 0.262 e. The molecule has 0 aliphatic carbocycles. The SMILES string of the molecule is O=C1CC(=CN2CCCCC2)C(=O)N1c1cccc(Cl)c1. The number of halogens is 1. The monoisotopic (exact) mass is 304 g/mol. The summed E-state index contributed by atoms with van der Waals surface area (Å²) in [5.74, 6) is -0.418. The second-order valence-electron chi connectivity index (χ2n) is 5.44. The number of carbonyl (C=O) groups is 2. The highest BCUT2D eigenvalue weighted by atomic mass is 35.5. The Balaban J connectivity index is 1.83. The van der Waals surface area contributed by atoms with Gasteiger partial charge >= 0.3 is 0 Å². The minimum atomic E-state index is -0.229. The van der Waals surface area contributed by atoms with E-state index in [0.717, 1.165) is 25.9 Å². The quantitative estimate of drug-likeness (QED) is 0.623. The van der Waals surface area contributed by atoms with Crippen molar-refractivity contribution >= 4 is 29.1 Å². The molecule has 0 N–H and O–H groups in total. The van der Waals surface area contributed by atoms with Gasteiger partial charge in [-0.25, -0.2) is 4.90 Å². The van der Waals surface area contributed by atoms with E-state index in [4.69, 9.17) is 11.6 Å². The first-order valence-electron chi connectivity index (χ1n) is 7.23. The van der Waals surface area contributed by atoms with Crippen LogP contribution in [0, 0.1) is 0 Å². The molecule has 0 radical (unpaired) electrons. The molecule has 2 saturated heterocycles. The Bertz CT molecular complexity index is 606. The average Bonchev–Trinajstić information content (AvgIpc) is 2.74. The summed E-state index contributed by atoms with van der Waals surface area (Å²) in [7, 11) is 0. The number of piperidine rings is 1. The predicted molar refractivity (Wildman–Crippen MR) is 82.1 cm³/mol. The highest BCUT2D eigenvalue weighted by Gasteiger charge is 2.35. The summed E-state index contributed by atoms with van der Waals surface area (Å²) >= 11 is 5.94. The highest BCUT2D eigenvalue weighted by Crippen LogP contribution is 2.28. The van der Waals surface area contributed by atoms with Gasteiger partial charge in [0.05, 0.1) is 12.1 Å². The molecule has 0 atom stereocenters. The van der Waals surface area contributed by atoms with Crippen LogP contribution in [0.2, 0.25) is 5.02 Å². The second-order valence-corrected chi connectivity index (χ2v) is 5.88. The van der Waals surface area contributed by atoms with E-state index in [1.165, 1.54) is 11.3 Å². The van der Waals surface area contributed by atoms with Crippen LogP contribution in [0.15, 0.2) is 36.0 Å². The van der Waals surface area contributed by atoms with Crippen LogP contribution in [0.5, 0.6) is 0 Å². The summed E-state index contributed by atoms with van der Waals surface area (Å²) in [6.07, 6.45) is 5.56. The van der Waals surface area contributed by atoms with Crippen LogP contribution in [-0.2, 0) is 9.59 Å². The molecule has 2 heterocycles. The van der Waals surface area contributed by atoms with Crippen molar-refractivity contribution in [2.45, 2.75) is 25.7 Å². The summed E-state index contributed by atoms with van der Waals surface area (Å²) in [6.45, 7) is 1.92. The first-order chi connectivity index (χ1) is 10.1. The summed E-state index contributed by atoms with van der Waals surface area (Å²) in [5, 5.41) is 0.515. The first kappa shape index (κ1) is 14.1. The Labute approximate surface area is 129 Å². The normalized spacial score (nSPS) is 21.5. The third-order valence-corrected chi connectivity index (χ3v) is 4.10. The van der Waals surface area contributed by atoms with Gasteiger partial charge in [-0.05, 0) is 37.5 Å². The van der Waals surface area contributed by atoms with E-state index in [9.17, 15) is 9.59 Å². The summed E-state index contributed by atoms with van der Waals surface area (Å²) < 4.78 is 0. The van der Waals surface area contributed by atoms with E-state index in [-0.39, 0.29) is 18.2 Å². The van der Waals surface area contributed by atoms with Crippen LogP contribution in [-0.4, -0.2) is 29.8 Å². The average molecular weight is 305 g/mol. The van der Waals surface area contributed by atoms with E-state index in [2.05, 4.69) is 4.90 Å². The van der Waals surface area contributed by atoms with Crippen LogP contribution >= 0.6 is 11.6 Å². The molecule has 5 heteroatoms. The zero-order valence-electron chi connectivity index (χ0n) is 11.7. The van der Waals surface area contributed by atoms with Crippen molar-refractivity contribution < 1.29 is 9.59 Å². The van der Waals surface area contributed by atoms with Gasteiger partial charge in [-0.1, -0.05) is 17.7 Å². The number of anilines is 1. The van der Waals surface area contributed by atoms with Crippen LogP contribution in [0.1, 0.15) is 25.7 Å². The maximum absolute atomic E-state index is 12.5. The fourth-order valence-corrected chi connectivity index (χ4v) is 3.00. The first-order valence-corrected chi connectivity index (χ1v) is 7.60. The van der Waals surface area contributed by atoms with E-state index in [1.807, 2.05) is 6.20 Å². The van der Waals surface area contributed by atoms with Crippen molar-refractivity contribution in [2.24, 2.45) is 0 Å². The number of likely N-dealkylation sites (tertiary alicyclic amines) is 1. The molecular weight excluding hydrogens is 288 g/mol. The summed E-state index contributed by atoms with van der Waals surface area (Å²) in [5.41, 5.74) is 1.11. The van der Waals surface area contributed by atoms with Gasteiger partial charge in [-0.3, -0.25) is 9.59 Å². The lowest BCUT2D eigenvalue weighted by Crippen LogP contribution is -2.29. The van der Waals surface area contributed by atoms with Crippen molar-refractivity contribution in [2.75, 3.05) is 18.0 Å². The van der Waals surface area contributed by atoms with E-state index in [0.29, 0.717) is 16.3 Å². The lowest BCUT2D eigenvalue weighted by atomic mass is 10.1. The number of hydrogen-bond acceptors (Lipinski definition) is 3. The summed E-state index contributed by atoms with van der Waals surface area (Å²) in [4.78, 5) is 28.0. The smallest absolute Gasteiger partial charge is 0.262 e. The minimum absolute atomic E-state index is 0.168. The fourth-order valence-electron chi connectivity index (χ4n) is 2.82. The van der Waals surface area contributed by atoms with Gasteiger partial charge in [-0.2, -0.15) is 0 Å². The van der Waals surface area contributed by atoms with E-state index in [1.54, 1.807) is 24.3 Å². The molecule has 0 unspecified atom stereocenters. The minimum Gasteiger partial charge on any atom is -0.377 e. The van der Waals surface area contributed by atoms with Crippen molar-refractivity contribution in [1.29, 1.82) is 0 Å². The van der Waals surface area contributed by atoms with Crippen LogP contribution in [0.4, 0.5) is 5.69 Å². The largest absolute Gasteiger partial charge is 0.377 e. The molecular formula is C16H17ClN2O2. The van der Waals surface area contributed by atoms with Crippen LogP contribution in [0.3, 0.4) is 0 Å². The Morgan fingerprint density at radius 1 is 1.10 bits per heavy atom. The van der Waals surface area contributed by atoms with Gasteiger partial charge in [0, 0.05) is 29.9 Å². The van der Waals surface area contributed by atoms with Crippen molar-refractivity contribution in [3.63, 3.8) is 0 Å². The molecule has 4 nitrogen and oxygen atoms in total. The third kappa shape index (κ3) is 2.95. The maximum atomic E-state index is 12.5. The number of imide groups is 1. The standard InChI is InChI=1S/C16H17ClN2O2/c17-13-5-4-6-14(10-13)19-15(20)9-12(16(19)21)11-18-7-2-1-3-8-18/h4-6,10-11H,1-3,7-9H2. The van der Waals surface area contributed by atoms with Gasteiger partial charge in [0.1, 0.15) is 0 Å². The van der Waals surface area contributed by atoms with Gasteiger partial charge < -0.3 is 4.90 Å². The molecule has 0 saturated carbocycles. The number of carbonyl (C=O) groups excluding carboxylic acids is 2. The Morgan fingerprint density at radius 2 is 1.86 bits per heavy atom. The second kappa shape index (κ2) is 5.90. The number of benzene rings is 1. The Kier molecular flexibility index (Phi) is 3.97. The predicted octanol–water partition coefficient (Wildman–Crippen LogP) is 2.97. The Morgan fingerprint density at radius 3 is 2.57 bits per heavy atom. The number of amides is 2. The lowest BCUT2D eigenvalue weighted by Gasteiger charge is -2.25. The highest BCUT2D eigenvalue weighted by molar-refractivity contribution is 6.32. The molecule has 110 valence electrons. The topological polar surface area (TPSA) is 40.6 Å². The third-order valence-electron chi connectivity index (χ3n) is 3.86. The van der Waals surface area contributed by atoms with Gasteiger partial charge in [0.15, 0.2) is 0 Å². The van der Waals surface area contributed by atoms with Crippen molar-refractivity contribution in [3.8, 4) is 0 Å². The van der Waals surface area contributed by atoms with E-state index >= 15 is 0 Å². The lowest BCUT2D eigenvalue weighted by molar-refractivity contribution is -0.120. The molecule has 0 spiro atoms. The van der Waals surface area contributed by atoms with Gasteiger partial charge in [-0.15, -0.1) is 0 Å². The van der Waals surface area contributed by atoms with Gasteiger partial charge in [0.25, 0.3) is 5.91 Å². The van der Waals surface area contributed by atoms with Crippen molar-refractivity contribution in [3.05, 3.63) is 41.1 Å². The van der Waals surface area contributed by atoms with Crippen LogP contribution < -0.4 is 4.90 Å². The molecule has 21 heavy (non-hydrogen) atoms. The molecule has 2 fully saturated rings.